The molecule has 0 spiro atoms. The summed E-state index contributed by atoms with van der Waals surface area (Å²) in [6.45, 7) is 0. The summed E-state index contributed by atoms with van der Waals surface area (Å²) in [6, 6.07) is 0. The summed E-state index contributed by atoms with van der Waals surface area (Å²) >= 11 is 5.42. The van der Waals surface area contributed by atoms with Gasteiger partial charge in [-0.1, -0.05) is 0 Å². The van der Waals surface area contributed by atoms with Crippen LogP contribution in [-0.4, -0.2) is 17.1 Å². The minimum atomic E-state index is -2.18. The van der Waals surface area contributed by atoms with Gasteiger partial charge in [0, 0.05) is 0 Å². The van der Waals surface area contributed by atoms with Crippen LogP contribution in [0.15, 0.2) is 0 Å². The van der Waals surface area contributed by atoms with Crippen LogP contribution in [0.5, 0.6) is 0 Å². The fourth-order valence-corrected chi connectivity index (χ4v) is 3.49. The summed E-state index contributed by atoms with van der Waals surface area (Å²) in [5, 5.41) is -0.657. The van der Waals surface area contributed by atoms with E-state index in [4.69, 9.17) is 33.0 Å². The van der Waals surface area contributed by atoms with Gasteiger partial charge in [0.05, 0.1) is 14.5 Å². The first kappa shape index (κ1) is 7.79. The van der Waals surface area contributed by atoms with Gasteiger partial charge in [0.25, 0.3) is 0 Å². The summed E-state index contributed by atoms with van der Waals surface area (Å²) in [7, 11) is 8.78. The summed E-state index contributed by atoms with van der Waals surface area (Å²) in [4.78, 5) is 10.5. The maximum Gasteiger partial charge on any atom is 0.337 e. The van der Waals surface area contributed by atoms with Crippen molar-refractivity contribution < 1.29 is 8.98 Å². The fraction of sp³-hybridized carbons (Fsp3) is 0.667. The zero-order chi connectivity index (χ0) is 7.07. The van der Waals surface area contributed by atoms with Crippen molar-refractivity contribution >= 4 is 47.7 Å². The van der Waals surface area contributed by atoms with E-state index in [2.05, 4.69) is 4.18 Å². The van der Waals surface area contributed by atoms with Crippen LogP contribution in [0, 0.1) is 0 Å². The molecule has 54 valence electrons. The molecule has 1 aliphatic rings. The average molecular weight is 209 g/mol. The molecule has 0 aromatic rings. The van der Waals surface area contributed by atoms with Crippen LogP contribution in [0.25, 0.3) is 0 Å². The van der Waals surface area contributed by atoms with Crippen molar-refractivity contribution in [3.05, 3.63) is 0 Å². The lowest BCUT2D eigenvalue weighted by molar-refractivity contribution is -0.131. The van der Waals surface area contributed by atoms with Gasteiger partial charge in [0.2, 0.25) is 0 Å². The Balaban J connectivity index is 2.65. The lowest BCUT2D eigenvalue weighted by Gasteiger charge is -2.12. The van der Waals surface area contributed by atoms with Gasteiger partial charge in [-0.25, -0.2) is 4.79 Å². The summed E-state index contributed by atoms with van der Waals surface area (Å²) in [6.07, 6.45) is 0. The van der Waals surface area contributed by atoms with Crippen LogP contribution in [-0.2, 0) is 8.98 Å². The van der Waals surface area contributed by atoms with E-state index in [9.17, 15) is 4.79 Å². The molecule has 1 heterocycles. The van der Waals surface area contributed by atoms with Crippen LogP contribution in [0.3, 0.4) is 0 Å². The van der Waals surface area contributed by atoms with Crippen molar-refractivity contribution in [2.75, 3.05) is 5.75 Å². The van der Waals surface area contributed by atoms with Gasteiger partial charge in [0.15, 0.2) is 0 Å². The lowest BCUT2D eigenvalue weighted by atomic mass is 10.5. The second-order valence-corrected chi connectivity index (χ2v) is 7.09. The summed E-state index contributed by atoms with van der Waals surface area (Å²) in [5.41, 5.74) is 0. The molecule has 1 atom stereocenters. The third-order valence-corrected chi connectivity index (χ3v) is 3.58. The van der Waals surface area contributed by atoms with E-state index in [0.29, 0.717) is 0 Å². The molecule has 0 aromatic heterocycles. The molecule has 0 amide bonds. The zero-order valence-electron chi connectivity index (χ0n) is 4.14. The van der Waals surface area contributed by atoms with E-state index in [1.54, 1.807) is 0 Å². The molecule has 1 aliphatic heterocycles. The highest BCUT2D eigenvalue weighted by Crippen LogP contribution is 2.63. The van der Waals surface area contributed by atoms with Gasteiger partial charge in [0.1, 0.15) is 5.38 Å². The molecule has 0 saturated carbocycles. The van der Waals surface area contributed by atoms with Crippen LogP contribution < -0.4 is 0 Å². The van der Waals surface area contributed by atoms with E-state index in [-0.39, 0.29) is 5.75 Å². The Morgan fingerprint density at radius 2 is 2.22 bits per heavy atom. The molecule has 1 fully saturated rings. The zero-order valence-corrected chi connectivity index (χ0v) is 7.23. The molecule has 1 rings (SSSR count). The Hall–Kier alpha value is 0.690. The van der Waals surface area contributed by atoms with Gasteiger partial charge in [-0.05, 0) is 21.4 Å². The molecule has 9 heavy (non-hydrogen) atoms. The monoisotopic (exact) mass is 208 g/mol. The Labute approximate surface area is 67.9 Å². The topological polar surface area (TPSA) is 26.3 Å². The van der Waals surface area contributed by atoms with E-state index in [0.717, 1.165) is 0 Å². The van der Waals surface area contributed by atoms with Crippen molar-refractivity contribution in [1.82, 2.24) is 0 Å². The maximum atomic E-state index is 10.5. The SMILES string of the molecule is O=C1OS(Cl)(Cl)CC1Cl. The second kappa shape index (κ2) is 2.38. The van der Waals surface area contributed by atoms with Crippen molar-refractivity contribution in [3.8, 4) is 0 Å². The molecule has 6 heteroatoms. The molecule has 0 bridgehead atoms. The molecular weight excluding hydrogens is 206 g/mol. The molecule has 0 aliphatic carbocycles. The number of rotatable bonds is 0. The van der Waals surface area contributed by atoms with Crippen molar-refractivity contribution in [2.24, 2.45) is 0 Å². The molecule has 1 saturated heterocycles. The number of alkyl halides is 1. The number of hydrogen-bond donors (Lipinski definition) is 0. The summed E-state index contributed by atoms with van der Waals surface area (Å²) < 4.78 is 4.50. The third kappa shape index (κ3) is 1.80. The van der Waals surface area contributed by atoms with Gasteiger partial charge in [-0.15, -0.1) is 11.6 Å². The largest absolute Gasteiger partial charge is 0.385 e. The molecule has 0 N–H and O–H groups in total. The first-order chi connectivity index (χ1) is 4.01. The van der Waals surface area contributed by atoms with Crippen LogP contribution in [0.1, 0.15) is 0 Å². The highest BCUT2D eigenvalue weighted by Gasteiger charge is 2.39. The number of halogens is 3. The standard InChI is InChI=1S/C3H3Cl3O2S/c4-2-1-9(5,6)8-3(2)7/h2H,1H2. The molecule has 1 unspecified atom stereocenters. The molecule has 2 nitrogen and oxygen atoms in total. The first-order valence-corrected chi connectivity index (χ1v) is 5.90. The quantitative estimate of drug-likeness (QED) is 0.572. The Morgan fingerprint density at radius 3 is 2.33 bits per heavy atom. The van der Waals surface area contributed by atoms with Crippen LogP contribution >= 0.6 is 41.7 Å². The Morgan fingerprint density at radius 1 is 1.67 bits per heavy atom. The number of hydrogen-bond acceptors (Lipinski definition) is 2. The normalized spacial score (nSPS) is 35.9. The van der Waals surface area contributed by atoms with E-state index in [1.165, 1.54) is 0 Å². The molecule has 0 aromatic carbocycles. The van der Waals surface area contributed by atoms with Gasteiger partial charge in [-0.2, -0.15) is 0 Å². The first-order valence-electron chi connectivity index (χ1n) is 2.09. The smallest absolute Gasteiger partial charge is 0.337 e. The third-order valence-electron chi connectivity index (χ3n) is 0.800. The van der Waals surface area contributed by atoms with Crippen molar-refractivity contribution in [3.63, 3.8) is 0 Å². The highest BCUT2D eigenvalue weighted by molar-refractivity contribution is 8.63. The fourth-order valence-electron chi connectivity index (χ4n) is 0.445. The Bertz CT molecular complexity index is 148. The van der Waals surface area contributed by atoms with Crippen LogP contribution in [0.4, 0.5) is 0 Å². The molecule has 0 radical (unpaired) electrons. The minimum absolute atomic E-state index is 0.233. The number of carbonyl (C=O) groups is 1. The van der Waals surface area contributed by atoms with E-state index in [1.807, 2.05) is 0 Å². The highest BCUT2D eigenvalue weighted by atomic mass is 36.0. The predicted octanol–water partition coefficient (Wildman–Crippen LogP) is 2.18. The number of carbonyl (C=O) groups excluding carboxylic acids is 1. The summed E-state index contributed by atoms with van der Waals surface area (Å²) in [5.74, 6) is -0.284. The van der Waals surface area contributed by atoms with Crippen molar-refractivity contribution in [1.29, 1.82) is 0 Å². The average Bonchev–Trinajstić information content (AvgIpc) is 1.79. The minimum Gasteiger partial charge on any atom is -0.385 e. The second-order valence-electron chi connectivity index (χ2n) is 1.56. The maximum absolute atomic E-state index is 10.5. The van der Waals surface area contributed by atoms with E-state index >= 15 is 0 Å². The van der Waals surface area contributed by atoms with Gasteiger partial charge >= 0.3 is 5.97 Å². The predicted molar refractivity (Wildman–Crippen MR) is 39.9 cm³/mol. The van der Waals surface area contributed by atoms with Gasteiger partial charge < -0.3 is 4.18 Å². The van der Waals surface area contributed by atoms with Crippen LogP contribution in [0.2, 0.25) is 0 Å². The van der Waals surface area contributed by atoms with Gasteiger partial charge in [-0.3, -0.25) is 0 Å². The van der Waals surface area contributed by atoms with Crippen molar-refractivity contribution in [2.45, 2.75) is 5.38 Å². The lowest BCUT2D eigenvalue weighted by Crippen LogP contribution is -2.07. The molecular formula is C3H3Cl3O2S. The Kier molecular flexibility index (Phi) is 2.06. The van der Waals surface area contributed by atoms with E-state index < -0.39 is 20.1 Å².